The Hall–Kier alpha value is -2.74. The maximum absolute atomic E-state index is 6.35. The molecule has 0 saturated carbocycles. The highest BCUT2D eigenvalue weighted by molar-refractivity contribution is 6.05. The quantitative estimate of drug-likeness (QED) is 0.647. The van der Waals surface area contributed by atoms with Gasteiger partial charge in [0.25, 0.3) is 0 Å². The van der Waals surface area contributed by atoms with E-state index in [-0.39, 0.29) is 0 Å². The van der Waals surface area contributed by atoms with Gasteiger partial charge in [0.15, 0.2) is 17.3 Å². The van der Waals surface area contributed by atoms with Gasteiger partial charge in [0.05, 0.1) is 19.9 Å². The van der Waals surface area contributed by atoms with E-state index in [1.807, 2.05) is 6.07 Å². The molecule has 2 aromatic rings. The second kappa shape index (κ2) is 5.81. The lowest BCUT2D eigenvalue weighted by Crippen LogP contribution is -2.50. The van der Waals surface area contributed by atoms with E-state index >= 15 is 0 Å². The molecule has 8 heteroatoms. The highest BCUT2D eigenvalue weighted by atomic mass is 16.5. The molecule has 0 saturated heterocycles. The number of fused-ring (bicyclic) bond motifs is 1. The van der Waals surface area contributed by atoms with Gasteiger partial charge in [-0.1, -0.05) is 0 Å². The smallest absolute Gasteiger partial charge is 0.185 e. The Balaban J connectivity index is 1.88. The predicted octanol–water partition coefficient (Wildman–Crippen LogP) is 0.803. The van der Waals surface area contributed by atoms with Gasteiger partial charge in [-0.2, -0.15) is 0 Å². The molecule has 0 amide bonds. The molecule has 0 spiro atoms. The fourth-order valence-electron chi connectivity index (χ4n) is 2.59. The summed E-state index contributed by atoms with van der Waals surface area (Å²) in [5.74, 6) is 1.40. The molecular weight excluding hydrogens is 296 g/mol. The van der Waals surface area contributed by atoms with Crippen molar-refractivity contribution in [2.24, 2.45) is 16.5 Å². The average Bonchev–Trinajstić information content (AvgIpc) is 3.05. The van der Waals surface area contributed by atoms with E-state index in [2.05, 4.69) is 20.3 Å². The molecule has 1 unspecified atom stereocenters. The lowest BCUT2D eigenvalue weighted by atomic mass is 10.0. The number of nitrogens with two attached hydrogens (primary N) is 2. The third kappa shape index (κ3) is 2.93. The SMILES string of the molecule is COc1cc2c(cc1OC)C(N)=NC(N)(CCc1ncc[nH]1)N2. The van der Waals surface area contributed by atoms with E-state index in [0.717, 1.165) is 17.1 Å². The minimum absolute atomic E-state index is 0.363. The molecule has 1 aliphatic rings. The van der Waals surface area contributed by atoms with Crippen LogP contribution in [-0.2, 0) is 6.42 Å². The number of nitrogens with one attached hydrogen (secondary N) is 2. The third-order valence-electron chi connectivity index (χ3n) is 3.77. The van der Waals surface area contributed by atoms with Gasteiger partial charge in [0.1, 0.15) is 11.7 Å². The molecule has 0 aliphatic carbocycles. The van der Waals surface area contributed by atoms with E-state index in [4.69, 9.17) is 20.9 Å². The molecule has 122 valence electrons. The predicted molar refractivity (Wildman–Crippen MR) is 87.7 cm³/mol. The minimum Gasteiger partial charge on any atom is -0.493 e. The van der Waals surface area contributed by atoms with E-state index in [1.54, 1.807) is 32.7 Å². The number of anilines is 1. The summed E-state index contributed by atoms with van der Waals surface area (Å²) >= 11 is 0. The van der Waals surface area contributed by atoms with Crippen LogP contribution < -0.4 is 26.3 Å². The molecule has 23 heavy (non-hydrogen) atoms. The lowest BCUT2D eigenvalue weighted by molar-refractivity contribution is 0.354. The van der Waals surface area contributed by atoms with Gasteiger partial charge in [-0.15, -0.1) is 0 Å². The Bertz CT molecular complexity index is 728. The number of hydrogen-bond acceptors (Lipinski definition) is 7. The van der Waals surface area contributed by atoms with Crippen molar-refractivity contribution in [1.29, 1.82) is 0 Å². The summed E-state index contributed by atoms with van der Waals surface area (Å²) < 4.78 is 10.6. The van der Waals surface area contributed by atoms with Gasteiger partial charge in [-0.05, 0) is 6.07 Å². The number of nitrogens with zero attached hydrogens (tertiary/aromatic N) is 2. The lowest BCUT2D eigenvalue weighted by Gasteiger charge is -2.33. The summed E-state index contributed by atoms with van der Waals surface area (Å²) in [6.45, 7) is 0. The number of benzene rings is 1. The number of amidine groups is 1. The van der Waals surface area contributed by atoms with Crippen molar-refractivity contribution in [1.82, 2.24) is 9.97 Å². The van der Waals surface area contributed by atoms with E-state index < -0.39 is 5.79 Å². The maximum Gasteiger partial charge on any atom is 0.185 e. The standard InChI is InChI=1S/C15H20N6O2/c1-22-11-7-9-10(8-12(11)23-2)20-15(17,21-14(9)16)4-3-13-18-5-6-19-13/h5-8,20H,3-4,17H2,1-2H3,(H2,16,21)(H,18,19). The Morgan fingerprint density at radius 2 is 1.96 bits per heavy atom. The molecule has 0 fully saturated rings. The number of aromatic amines is 1. The zero-order valence-electron chi connectivity index (χ0n) is 13.1. The third-order valence-corrected chi connectivity index (χ3v) is 3.77. The van der Waals surface area contributed by atoms with Crippen LogP contribution in [0.3, 0.4) is 0 Å². The molecule has 0 radical (unpaired) electrons. The summed E-state index contributed by atoms with van der Waals surface area (Å²) in [5, 5.41) is 3.23. The summed E-state index contributed by atoms with van der Waals surface area (Å²) in [6.07, 6.45) is 4.67. The van der Waals surface area contributed by atoms with Crippen molar-refractivity contribution in [3.05, 3.63) is 35.9 Å². The number of rotatable bonds is 5. The first kappa shape index (κ1) is 15.2. The van der Waals surface area contributed by atoms with E-state index in [0.29, 0.717) is 30.2 Å². The summed E-state index contributed by atoms with van der Waals surface area (Å²) in [7, 11) is 3.15. The van der Waals surface area contributed by atoms with Crippen molar-refractivity contribution in [2.45, 2.75) is 18.6 Å². The van der Waals surface area contributed by atoms with E-state index in [9.17, 15) is 0 Å². The number of imidazole rings is 1. The molecule has 1 atom stereocenters. The first-order valence-corrected chi connectivity index (χ1v) is 7.21. The van der Waals surface area contributed by atoms with Gasteiger partial charge in [0.2, 0.25) is 0 Å². The van der Waals surface area contributed by atoms with Crippen LogP contribution in [-0.4, -0.2) is 35.8 Å². The monoisotopic (exact) mass is 316 g/mol. The second-order valence-electron chi connectivity index (χ2n) is 5.33. The van der Waals surface area contributed by atoms with Crippen LogP contribution in [0.15, 0.2) is 29.5 Å². The van der Waals surface area contributed by atoms with Crippen LogP contribution in [0, 0.1) is 0 Å². The topological polar surface area (TPSA) is 124 Å². The number of aromatic nitrogens is 2. The summed E-state index contributed by atoms with van der Waals surface area (Å²) in [4.78, 5) is 11.6. The van der Waals surface area contributed by atoms with Crippen molar-refractivity contribution < 1.29 is 9.47 Å². The van der Waals surface area contributed by atoms with Gasteiger partial charge in [0, 0.05) is 36.9 Å². The first-order valence-electron chi connectivity index (χ1n) is 7.21. The number of H-pyrrole nitrogens is 1. The summed E-state index contributed by atoms with van der Waals surface area (Å²) in [6, 6.07) is 3.59. The van der Waals surface area contributed by atoms with E-state index in [1.165, 1.54) is 0 Å². The Morgan fingerprint density at radius 1 is 1.22 bits per heavy atom. The van der Waals surface area contributed by atoms with Gasteiger partial charge < -0.3 is 25.5 Å². The van der Waals surface area contributed by atoms with Gasteiger partial charge in [-0.3, -0.25) is 5.73 Å². The first-order chi connectivity index (χ1) is 11.0. The van der Waals surface area contributed by atoms with Crippen molar-refractivity contribution in [3.63, 3.8) is 0 Å². The van der Waals surface area contributed by atoms with Crippen LogP contribution in [0.5, 0.6) is 11.5 Å². The molecular formula is C15H20N6O2. The Morgan fingerprint density at radius 3 is 2.61 bits per heavy atom. The molecule has 0 bridgehead atoms. The number of hydrogen-bond donors (Lipinski definition) is 4. The fraction of sp³-hybridized carbons (Fsp3) is 0.333. The Kier molecular flexibility index (Phi) is 3.83. The van der Waals surface area contributed by atoms with Gasteiger partial charge >= 0.3 is 0 Å². The second-order valence-corrected chi connectivity index (χ2v) is 5.33. The summed E-state index contributed by atoms with van der Waals surface area (Å²) in [5.41, 5.74) is 13.9. The molecule has 1 aliphatic heterocycles. The zero-order valence-corrected chi connectivity index (χ0v) is 13.1. The van der Waals surface area contributed by atoms with Crippen LogP contribution in [0.25, 0.3) is 0 Å². The molecule has 1 aromatic carbocycles. The van der Waals surface area contributed by atoms with Crippen LogP contribution in [0.1, 0.15) is 17.8 Å². The van der Waals surface area contributed by atoms with Crippen molar-refractivity contribution in [2.75, 3.05) is 19.5 Å². The zero-order chi connectivity index (χ0) is 16.4. The highest BCUT2D eigenvalue weighted by Crippen LogP contribution is 2.36. The number of methoxy groups -OCH3 is 2. The minimum atomic E-state index is -0.997. The number of aliphatic imine (C=N–C) groups is 1. The number of ether oxygens (including phenoxy) is 2. The largest absolute Gasteiger partial charge is 0.493 e. The maximum atomic E-state index is 6.35. The average molecular weight is 316 g/mol. The van der Waals surface area contributed by atoms with Crippen LogP contribution in [0.2, 0.25) is 0 Å². The van der Waals surface area contributed by atoms with Gasteiger partial charge in [-0.25, -0.2) is 9.98 Å². The van der Waals surface area contributed by atoms with Crippen LogP contribution in [0.4, 0.5) is 5.69 Å². The highest BCUT2D eigenvalue weighted by Gasteiger charge is 2.31. The van der Waals surface area contributed by atoms with Crippen LogP contribution >= 0.6 is 0 Å². The molecule has 3 rings (SSSR count). The molecule has 6 N–H and O–H groups in total. The molecule has 1 aromatic heterocycles. The molecule has 8 nitrogen and oxygen atoms in total. The number of aryl methyl sites for hydroxylation is 1. The fourth-order valence-corrected chi connectivity index (χ4v) is 2.59. The Labute approximate surface area is 133 Å². The van der Waals surface area contributed by atoms with Crippen molar-refractivity contribution in [3.8, 4) is 11.5 Å². The normalized spacial score (nSPS) is 19.5. The molecule has 2 heterocycles. The van der Waals surface area contributed by atoms with Crippen molar-refractivity contribution >= 4 is 11.5 Å².